The van der Waals surface area contributed by atoms with Crippen LogP contribution in [0.15, 0.2) is 48.5 Å². The van der Waals surface area contributed by atoms with E-state index in [1.165, 1.54) is 0 Å². The maximum atomic E-state index is 12.7. The SMILES string of the molecule is O=C(O)CCC(NC(=O)OCC1c2ccccc2-c2ccccc21)C(=O)NCC1(O)CCCC1. The van der Waals surface area contributed by atoms with E-state index in [1.807, 2.05) is 48.5 Å². The Labute approximate surface area is 198 Å². The molecular weight excluding hydrogens is 436 g/mol. The molecule has 8 heteroatoms. The van der Waals surface area contributed by atoms with E-state index in [0.717, 1.165) is 35.1 Å². The Bertz CT molecular complexity index is 1020. The monoisotopic (exact) mass is 466 g/mol. The molecule has 0 spiro atoms. The van der Waals surface area contributed by atoms with Gasteiger partial charge in [0.25, 0.3) is 0 Å². The van der Waals surface area contributed by atoms with Gasteiger partial charge in [-0.15, -0.1) is 0 Å². The van der Waals surface area contributed by atoms with Crippen molar-refractivity contribution in [1.29, 1.82) is 0 Å². The van der Waals surface area contributed by atoms with Crippen LogP contribution in [0.5, 0.6) is 0 Å². The second-order valence-corrected chi connectivity index (χ2v) is 9.10. The Hall–Kier alpha value is -3.39. The van der Waals surface area contributed by atoms with Crippen molar-refractivity contribution in [2.24, 2.45) is 0 Å². The summed E-state index contributed by atoms with van der Waals surface area (Å²) >= 11 is 0. The van der Waals surface area contributed by atoms with Crippen LogP contribution in [0.1, 0.15) is 55.6 Å². The molecule has 4 N–H and O–H groups in total. The fraction of sp³-hybridized carbons (Fsp3) is 0.423. The fourth-order valence-electron chi connectivity index (χ4n) is 4.90. The van der Waals surface area contributed by atoms with E-state index in [-0.39, 0.29) is 31.9 Å². The normalized spacial score (nSPS) is 16.9. The minimum absolute atomic E-state index is 0.0712. The number of hydrogen-bond donors (Lipinski definition) is 4. The maximum Gasteiger partial charge on any atom is 0.407 e. The number of aliphatic carboxylic acids is 1. The van der Waals surface area contributed by atoms with Gasteiger partial charge in [0.1, 0.15) is 12.6 Å². The van der Waals surface area contributed by atoms with Crippen LogP contribution in [0.25, 0.3) is 11.1 Å². The number of carboxylic acids is 1. The Kier molecular flexibility index (Phi) is 7.17. The smallest absolute Gasteiger partial charge is 0.407 e. The Morgan fingerprint density at radius 3 is 2.18 bits per heavy atom. The van der Waals surface area contributed by atoms with Crippen molar-refractivity contribution in [2.45, 2.75) is 56.1 Å². The molecule has 0 bridgehead atoms. The van der Waals surface area contributed by atoms with Crippen molar-refractivity contribution in [3.63, 3.8) is 0 Å². The number of hydrogen-bond acceptors (Lipinski definition) is 5. The number of ether oxygens (including phenoxy) is 1. The molecule has 34 heavy (non-hydrogen) atoms. The third-order valence-electron chi connectivity index (χ3n) is 6.73. The molecular formula is C26H30N2O6. The van der Waals surface area contributed by atoms with E-state index in [0.29, 0.717) is 12.8 Å². The Morgan fingerprint density at radius 1 is 1.00 bits per heavy atom. The molecule has 1 saturated carbocycles. The predicted octanol–water partition coefficient (Wildman–Crippen LogP) is 3.18. The molecule has 4 rings (SSSR count). The first-order valence-corrected chi connectivity index (χ1v) is 11.7. The predicted molar refractivity (Wildman–Crippen MR) is 125 cm³/mol. The average Bonchev–Trinajstić information content (AvgIpc) is 3.40. The van der Waals surface area contributed by atoms with Gasteiger partial charge < -0.3 is 25.6 Å². The topological polar surface area (TPSA) is 125 Å². The van der Waals surface area contributed by atoms with Crippen LogP contribution in [0.3, 0.4) is 0 Å². The molecule has 2 amide bonds. The molecule has 0 saturated heterocycles. The summed E-state index contributed by atoms with van der Waals surface area (Å²) < 4.78 is 5.50. The van der Waals surface area contributed by atoms with Gasteiger partial charge in [-0.1, -0.05) is 61.4 Å². The van der Waals surface area contributed by atoms with E-state index in [1.54, 1.807) is 0 Å². The van der Waals surface area contributed by atoms with Crippen LogP contribution in [0, 0.1) is 0 Å². The highest BCUT2D eigenvalue weighted by Gasteiger charge is 2.33. The first-order valence-electron chi connectivity index (χ1n) is 11.7. The summed E-state index contributed by atoms with van der Waals surface area (Å²) in [7, 11) is 0. The molecule has 2 aliphatic carbocycles. The molecule has 180 valence electrons. The van der Waals surface area contributed by atoms with E-state index < -0.39 is 29.6 Å². The van der Waals surface area contributed by atoms with Gasteiger partial charge in [0.15, 0.2) is 0 Å². The minimum atomic E-state index is -1.07. The summed E-state index contributed by atoms with van der Waals surface area (Å²) in [5.41, 5.74) is 3.41. The van der Waals surface area contributed by atoms with E-state index in [4.69, 9.17) is 9.84 Å². The maximum absolute atomic E-state index is 12.7. The minimum Gasteiger partial charge on any atom is -0.481 e. The number of carbonyl (C=O) groups excluding carboxylic acids is 2. The standard InChI is InChI=1S/C26H30N2O6/c29-23(30)12-11-22(24(31)27-16-26(33)13-5-6-14-26)28-25(32)34-15-21-19-9-3-1-7-17(19)18-8-2-4-10-20(18)21/h1-4,7-10,21-22,33H,5-6,11-16H2,(H,27,31)(H,28,32)(H,29,30). The van der Waals surface area contributed by atoms with Crippen molar-refractivity contribution in [2.75, 3.05) is 13.2 Å². The van der Waals surface area contributed by atoms with E-state index in [2.05, 4.69) is 10.6 Å². The summed E-state index contributed by atoms with van der Waals surface area (Å²) in [6, 6.07) is 14.9. The average molecular weight is 467 g/mol. The van der Waals surface area contributed by atoms with Gasteiger partial charge in [-0.3, -0.25) is 9.59 Å². The van der Waals surface area contributed by atoms with Gasteiger partial charge in [0, 0.05) is 18.9 Å². The molecule has 1 atom stereocenters. The van der Waals surface area contributed by atoms with Gasteiger partial charge in [-0.05, 0) is 41.5 Å². The molecule has 0 heterocycles. The number of fused-ring (bicyclic) bond motifs is 3. The van der Waals surface area contributed by atoms with E-state index in [9.17, 15) is 19.5 Å². The second-order valence-electron chi connectivity index (χ2n) is 9.10. The van der Waals surface area contributed by atoms with Gasteiger partial charge in [-0.25, -0.2) is 4.79 Å². The summed E-state index contributed by atoms with van der Waals surface area (Å²) in [5.74, 6) is -1.72. The number of carbonyl (C=O) groups is 3. The lowest BCUT2D eigenvalue weighted by atomic mass is 9.98. The van der Waals surface area contributed by atoms with Crippen molar-refractivity contribution < 1.29 is 29.3 Å². The molecule has 2 aromatic rings. The summed E-state index contributed by atoms with van der Waals surface area (Å²) in [6.07, 6.45) is 1.85. The van der Waals surface area contributed by atoms with Gasteiger partial charge in [0.2, 0.25) is 5.91 Å². The third-order valence-corrected chi connectivity index (χ3v) is 6.73. The zero-order chi connectivity index (χ0) is 24.1. The molecule has 2 aliphatic rings. The highest BCUT2D eigenvalue weighted by molar-refractivity contribution is 5.86. The lowest BCUT2D eigenvalue weighted by Crippen LogP contribution is -2.50. The highest BCUT2D eigenvalue weighted by atomic mass is 16.5. The number of nitrogens with one attached hydrogen (secondary N) is 2. The number of alkyl carbamates (subject to hydrolysis) is 1. The summed E-state index contributed by atoms with van der Waals surface area (Å²) in [4.78, 5) is 36.3. The van der Waals surface area contributed by atoms with Crippen molar-refractivity contribution in [3.05, 3.63) is 59.7 Å². The molecule has 8 nitrogen and oxygen atoms in total. The Morgan fingerprint density at radius 2 is 1.59 bits per heavy atom. The molecule has 1 fully saturated rings. The fourth-order valence-corrected chi connectivity index (χ4v) is 4.90. The number of carboxylic acid groups (broad SMARTS) is 1. The zero-order valence-electron chi connectivity index (χ0n) is 19.0. The second kappa shape index (κ2) is 10.3. The summed E-state index contributed by atoms with van der Waals surface area (Å²) in [5, 5.41) is 24.7. The van der Waals surface area contributed by atoms with Crippen LogP contribution in [-0.4, -0.2) is 53.0 Å². The zero-order valence-corrected chi connectivity index (χ0v) is 19.0. The van der Waals surface area contributed by atoms with Crippen molar-refractivity contribution in [3.8, 4) is 11.1 Å². The highest BCUT2D eigenvalue weighted by Crippen LogP contribution is 2.44. The molecule has 1 unspecified atom stereocenters. The van der Waals surface area contributed by atoms with Gasteiger partial charge in [-0.2, -0.15) is 0 Å². The van der Waals surface area contributed by atoms with Crippen LogP contribution >= 0.6 is 0 Å². The van der Waals surface area contributed by atoms with Crippen molar-refractivity contribution >= 4 is 18.0 Å². The van der Waals surface area contributed by atoms with Crippen LogP contribution in [0.2, 0.25) is 0 Å². The van der Waals surface area contributed by atoms with Crippen LogP contribution in [0.4, 0.5) is 4.79 Å². The first kappa shape index (κ1) is 23.8. The molecule has 0 aliphatic heterocycles. The largest absolute Gasteiger partial charge is 0.481 e. The number of amides is 2. The third kappa shape index (κ3) is 5.39. The van der Waals surface area contributed by atoms with E-state index >= 15 is 0 Å². The summed E-state index contributed by atoms with van der Waals surface area (Å²) in [6.45, 7) is 0.161. The van der Waals surface area contributed by atoms with Crippen molar-refractivity contribution in [1.82, 2.24) is 10.6 Å². The van der Waals surface area contributed by atoms with Crippen LogP contribution in [-0.2, 0) is 14.3 Å². The van der Waals surface area contributed by atoms with Crippen LogP contribution < -0.4 is 10.6 Å². The number of benzene rings is 2. The number of aliphatic hydroxyl groups is 1. The molecule has 0 radical (unpaired) electrons. The van der Waals surface area contributed by atoms with Gasteiger partial charge >= 0.3 is 12.1 Å². The molecule has 0 aromatic heterocycles. The Balaban J connectivity index is 1.38. The quantitative estimate of drug-likeness (QED) is 0.450. The van der Waals surface area contributed by atoms with Gasteiger partial charge in [0.05, 0.1) is 5.60 Å². The lowest BCUT2D eigenvalue weighted by Gasteiger charge is -2.24. The lowest BCUT2D eigenvalue weighted by molar-refractivity contribution is -0.137. The molecule has 2 aromatic carbocycles. The first-order chi connectivity index (χ1) is 16.4. The number of rotatable bonds is 9.